The molecule has 3 nitrogen and oxygen atoms in total. The molecule has 18 heavy (non-hydrogen) atoms. The number of anilines is 1. The van der Waals surface area contributed by atoms with E-state index in [1.54, 1.807) is 11.8 Å². The summed E-state index contributed by atoms with van der Waals surface area (Å²) in [6.45, 7) is 5.71. The van der Waals surface area contributed by atoms with Crippen LogP contribution >= 0.6 is 11.8 Å². The minimum atomic E-state index is 0.0160. The smallest absolute Gasteiger partial charge is 0.251 e. The number of benzene rings is 1. The van der Waals surface area contributed by atoms with E-state index in [1.165, 1.54) is 0 Å². The zero-order valence-electron chi connectivity index (χ0n) is 11.4. The van der Waals surface area contributed by atoms with Crippen LogP contribution in [0.25, 0.3) is 0 Å². The van der Waals surface area contributed by atoms with Gasteiger partial charge in [0.1, 0.15) is 0 Å². The average Bonchev–Trinajstić information content (AvgIpc) is 2.37. The molecule has 1 aromatic rings. The molecule has 1 amide bonds. The SMILES string of the molecule is CCNc1ccc(C(=O)NCCCSC)cc1C. The second-order valence-corrected chi connectivity index (χ2v) is 5.15. The highest BCUT2D eigenvalue weighted by atomic mass is 32.2. The van der Waals surface area contributed by atoms with Gasteiger partial charge in [-0.05, 0) is 56.0 Å². The number of carbonyl (C=O) groups is 1. The first-order valence-electron chi connectivity index (χ1n) is 6.30. The number of hydrogen-bond donors (Lipinski definition) is 2. The first-order valence-corrected chi connectivity index (χ1v) is 7.70. The molecule has 0 heterocycles. The van der Waals surface area contributed by atoms with Gasteiger partial charge in [-0.3, -0.25) is 4.79 Å². The molecule has 0 spiro atoms. The van der Waals surface area contributed by atoms with Crippen molar-refractivity contribution in [2.75, 3.05) is 30.4 Å². The van der Waals surface area contributed by atoms with Gasteiger partial charge >= 0.3 is 0 Å². The lowest BCUT2D eigenvalue weighted by atomic mass is 10.1. The molecule has 100 valence electrons. The van der Waals surface area contributed by atoms with Crippen LogP contribution in [0.15, 0.2) is 18.2 Å². The van der Waals surface area contributed by atoms with Crippen molar-refractivity contribution in [3.8, 4) is 0 Å². The van der Waals surface area contributed by atoms with E-state index in [-0.39, 0.29) is 5.91 Å². The highest BCUT2D eigenvalue weighted by Gasteiger charge is 2.06. The fraction of sp³-hybridized carbons (Fsp3) is 0.500. The van der Waals surface area contributed by atoms with Gasteiger partial charge < -0.3 is 10.6 Å². The van der Waals surface area contributed by atoms with E-state index in [9.17, 15) is 4.79 Å². The predicted octanol–water partition coefficient (Wildman–Crippen LogP) is 2.91. The van der Waals surface area contributed by atoms with Gasteiger partial charge in [-0.15, -0.1) is 0 Å². The Bertz CT molecular complexity index is 393. The lowest BCUT2D eigenvalue weighted by molar-refractivity contribution is 0.0953. The van der Waals surface area contributed by atoms with E-state index in [0.29, 0.717) is 0 Å². The monoisotopic (exact) mass is 266 g/mol. The van der Waals surface area contributed by atoms with E-state index in [4.69, 9.17) is 0 Å². The molecule has 0 unspecified atom stereocenters. The molecule has 0 radical (unpaired) electrons. The van der Waals surface area contributed by atoms with E-state index in [0.717, 1.165) is 42.1 Å². The Balaban J connectivity index is 2.55. The van der Waals surface area contributed by atoms with Gasteiger partial charge in [0.25, 0.3) is 5.91 Å². The van der Waals surface area contributed by atoms with Crippen molar-refractivity contribution in [2.24, 2.45) is 0 Å². The van der Waals surface area contributed by atoms with Crippen LogP contribution in [0.2, 0.25) is 0 Å². The van der Waals surface area contributed by atoms with Gasteiger partial charge in [-0.1, -0.05) is 0 Å². The second-order valence-electron chi connectivity index (χ2n) is 4.16. The van der Waals surface area contributed by atoms with E-state index in [2.05, 4.69) is 23.8 Å². The molecule has 1 rings (SSSR count). The highest BCUT2D eigenvalue weighted by Crippen LogP contribution is 2.16. The van der Waals surface area contributed by atoms with E-state index in [1.807, 2.05) is 25.1 Å². The highest BCUT2D eigenvalue weighted by molar-refractivity contribution is 7.98. The second kappa shape index (κ2) is 8.03. The van der Waals surface area contributed by atoms with Gasteiger partial charge in [-0.2, -0.15) is 11.8 Å². The zero-order chi connectivity index (χ0) is 13.4. The number of amides is 1. The Kier molecular flexibility index (Phi) is 6.65. The summed E-state index contributed by atoms with van der Waals surface area (Å²) in [7, 11) is 0. The van der Waals surface area contributed by atoms with Crippen molar-refractivity contribution in [3.63, 3.8) is 0 Å². The number of nitrogens with one attached hydrogen (secondary N) is 2. The molecule has 1 aromatic carbocycles. The van der Waals surface area contributed by atoms with Gasteiger partial charge in [-0.25, -0.2) is 0 Å². The molecular weight excluding hydrogens is 244 g/mol. The maximum absolute atomic E-state index is 11.9. The fourth-order valence-corrected chi connectivity index (χ4v) is 2.15. The summed E-state index contributed by atoms with van der Waals surface area (Å²) < 4.78 is 0. The topological polar surface area (TPSA) is 41.1 Å². The summed E-state index contributed by atoms with van der Waals surface area (Å²) in [5.74, 6) is 1.10. The number of aryl methyl sites for hydroxylation is 1. The minimum absolute atomic E-state index is 0.0160. The Labute approximate surface area is 114 Å². The Hall–Kier alpha value is -1.16. The lowest BCUT2D eigenvalue weighted by Crippen LogP contribution is -2.24. The molecular formula is C14H22N2OS. The molecule has 0 saturated heterocycles. The number of hydrogen-bond acceptors (Lipinski definition) is 3. The lowest BCUT2D eigenvalue weighted by Gasteiger charge is -2.10. The van der Waals surface area contributed by atoms with Crippen molar-refractivity contribution in [1.82, 2.24) is 5.32 Å². The molecule has 0 aliphatic rings. The summed E-state index contributed by atoms with van der Waals surface area (Å²) in [5.41, 5.74) is 2.93. The number of thioether (sulfide) groups is 1. The maximum Gasteiger partial charge on any atom is 0.251 e. The number of rotatable bonds is 7. The van der Waals surface area contributed by atoms with Crippen molar-refractivity contribution in [1.29, 1.82) is 0 Å². The Morgan fingerprint density at radius 1 is 1.39 bits per heavy atom. The van der Waals surface area contributed by atoms with Crippen LogP contribution in [-0.4, -0.2) is 31.0 Å². The molecule has 0 saturated carbocycles. The average molecular weight is 266 g/mol. The molecule has 0 aromatic heterocycles. The molecule has 0 fully saturated rings. The predicted molar refractivity (Wildman–Crippen MR) is 80.7 cm³/mol. The zero-order valence-corrected chi connectivity index (χ0v) is 12.2. The van der Waals surface area contributed by atoms with Crippen LogP contribution in [0.5, 0.6) is 0 Å². The van der Waals surface area contributed by atoms with Gasteiger partial charge in [0.2, 0.25) is 0 Å². The quantitative estimate of drug-likeness (QED) is 0.746. The fourth-order valence-electron chi connectivity index (χ4n) is 1.71. The minimum Gasteiger partial charge on any atom is -0.385 e. The number of carbonyl (C=O) groups excluding carboxylic acids is 1. The largest absolute Gasteiger partial charge is 0.385 e. The first kappa shape index (κ1) is 14.9. The van der Waals surface area contributed by atoms with Gasteiger partial charge in [0.05, 0.1) is 0 Å². The summed E-state index contributed by atoms with van der Waals surface area (Å²) >= 11 is 1.80. The standard InChI is InChI=1S/C14H22N2OS/c1-4-15-13-7-6-12(10-11(13)2)14(17)16-8-5-9-18-3/h6-7,10,15H,4-5,8-9H2,1-3H3,(H,16,17). The van der Waals surface area contributed by atoms with Crippen LogP contribution in [0.4, 0.5) is 5.69 Å². The van der Waals surface area contributed by atoms with E-state index < -0.39 is 0 Å². The van der Waals surface area contributed by atoms with E-state index >= 15 is 0 Å². The Morgan fingerprint density at radius 3 is 2.78 bits per heavy atom. The van der Waals surface area contributed by atoms with Gasteiger partial charge in [0, 0.05) is 24.3 Å². The summed E-state index contributed by atoms with van der Waals surface area (Å²) in [6, 6.07) is 5.77. The van der Waals surface area contributed by atoms with Crippen LogP contribution in [0, 0.1) is 6.92 Å². The molecule has 0 atom stereocenters. The van der Waals surface area contributed by atoms with Crippen molar-refractivity contribution in [2.45, 2.75) is 20.3 Å². The van der Waals surface area contributed by atoms with Crippen molar-refractivity contribution < 1.29 is 4.79 Å². The molecule has 0 aliphatic carbocycles. The summed E-state index contributed by atoms with van der Waals surface area (Å²) in [4.78, 5) is 11.9. The summed E-state index contributed by atoms with van der Waals surface area (Å²) in [5, 5.41) is 6.21. The first-order chi connectivity index (χ1) is 8.69. The molecule has 4 heteroatoms. The maximum atomic E-state index is 11.9. The third-order valence-corrected chi connectivity index (χ3v) is 3.36. The third kappa shape index (κ3) is 4.61. The molecule has 0 aliphatic heterocycles. The van der Waals surface area contributed by atoms with Gasteiger partial charge in [0.15, 0.2) is 0 Å². The molecule has 2 N–H and O–H groups in total. The normalized spacial score (nSPS) is 10.2. The Morgan fingerprint density at radius 2 is 2.17 bits per heavy atom. The van der Waals surface area contributed by atoms with Crippen LogP contribution in [-0.2, 0) is 0 Å². The van der Waals surface area contributed by atoms with Crippen molar-refractivity contribution in [3.05, 3.63) is 29.3 Å². The van der Waals surface area contributed by atoms with Crippen LogP contribution < -0.4 is 10.6 Å². The van der Waals surface area contributed by atoms with Crippen molar-refractivity contribution >= 4 is 23.4 Å². The van der Waals surface area contributed by atoms with Crippen LogP contribution in [0.3, 0.4) is 0 Å². The summed E-state index contributed by atoms with van der Waals surface area (Å²) in [6.07, 6.45) is 3.09. The third-order valence-electron chi connectivity index (χ3n) is 2.67. The molecule has 0 bridgehead atoms. The van der Waals surface area contributed by atoms with Crippen LogP contribution in [0.1, 0.15) is 29.3 Å².